The number of nitrogens with zero attached hydrogens (tertiary/aromatic N) is 2. The van der Waals surface area contributed by atoms with Crippen LogP contribution >= 0.6 is 11.3 Å². The maximum Gasteiger partial charge on any atom is 0.241 e. The normalized spacial score (nSPS) is 13.9. The third kappa shape index (κ3) is 3.28. The van der Waals surface area contributed by atoms with Crippen LogP contribution in [-0.2, 0) is 4.79 Å². The summed E-state index contributed by atoms with van der Waals surface area (Å²) in [5, 5.41) is 4.87. The average Bonchev–Trinajstić information content (AvgIpc) is 3.15. The molecule has 0 saturated carbocycles. The van der Waals surface area contributed by atoms with Crippen molar-refractivity contribution < 1.29 is 4.79 Å². The van der Waals surface area contributed by atoms with Crippen molar-refractivity contribution in [3.63, 3.8) is 0 Å². The molecule has 0 aliphatic heterocycles. The van der Waals surface area contributed by atoms with Crippen LogP contribution in [0.1, 0.15) is 20.3 Å². The average molecular weight is 328 g/mol. The molecule has 0 fully saturated rings. The summed E-state index contributed by atoms with van der Waals surface area (Å²) in [7, 11) is 0. The first-order valence-electron chi connectivity index (χ1n) is 7.67. The second-order valence-corrected chi connectivity index (χ2v) is 6.57. The van der Waals surface area contributed by atoms with E-state index in [-0.39, 0.29) is 11.8 Å². The van der Waals surface area contributed by atoms with E-state index in [1.807, 2.05) is 60.3 Å². The molecule has 3 rings (SSSR count). The zero-order chi connectivity index (χ0) is 16.4. The predicted octanol–water partition coefficient (Wildman–Crippen LogP) is 3.37. The Kier molecular flexibility index (Phi) is 4.45. The molecule has 120 valence electrons. The summed E-state index contributed by atoms with van der Waals surface area (Å²) in [5.41, 5.74) is 8.64. The third-order valence-electron chi connectivity index (χ3n) is 4.10. The first-order chi connectivity index (χ1) is 11.1. The molecule has 0 bridgehead atoms. The van der Waals surface area contributed by atoms with E-state index >= 15 is 0 Å². The van der Waals surface area contributed by atoms with Crippen molar-refractivity contribution in [1.29, 1.82) is 0 Å². The van der Waals surface area contributed by atoms with E-state index in [4.69, 9.17) is 5.73 Å². The Labute approximate surface area is 139 Å². The summed E-state index contributed by atoms with van der Waals surface area (Å²) in [6.07, 6.45) is 4.87. The van der Waals surface area contributed by atoms with Crippen molar-refractivity contribution >= 4 is 27.9 Å². The van der Waals surface area contributed by atoms with E-state index in [2.05, 4.69) is 10.3 Å². The fraction of sp³-hybridized carbons (Fsp3) is 0.294. The summed E-state index contributed by atoms with van der Waals surface area (Å²) in [4.78, 5) is 17.6. The van der Waals surface area contributed by atoms with Crippen LogP contribution in [0.4, 0.5) is 5.69 Å². The SMILES string of the molecule is CCC(C)C(N)C(=O)Nc1ccc(-c2cn3ccsc3n2)cc1. The lowest BCUT2D eigenvalue weighted by molar-refractivity contribution is -0.118. The van der Waals surface area contributed by atoms with Gasteiger partial charge in [-0.05, 0) is 18.1 Å². The second-order valence-electron chi connectivity index (χ2n) is 5.70. The number of carbonyl (C=O) groups is 1. The van der Waals surface area contributed by atoms with Gasteiger partial charge in [-0.15, -0.1) is 11.3 Å². The number of hydrogen-bond donors (Lipinski definition) is 2. The Morgan fingerprint density at radius 3 is 2.78 bits per heavy atom. The van der Waals surface area contributed by atoms with Crippen molar-refractivity contribution in [2.75, 3.05) is 5.32 Å². The Bertz CT molecular complexity index is 777. The molecular weight excluding hydrogens is 308 g/mol. The van der Waals surface area contributed by atoms with Crippen LogP contribution in [0.25, 0.3) is 16.2 Å². The predicted molar refractivity (Wildman–Crippen MR) is 94.6 cm³/mol. The molecule has 2 heterocycles. The molecule has 1 amide bonds. The molecular formula is C17H20N4OS. The van der Waals surface area contributed by atoms with E-state index in [1.165, 1.54) is 0 Å². The Balaban J connectivity index is 1.72. The molecule has 5 nitrogen and oxygen atoms in total. The van der Waals surface area contributed by atoms with Crippen molar-refractivity contribution in [2.24, 2.45) is 11.7 Å². The number of nitrogens with one attached hydrogen (secondary N) is 1. The molecule has 23 heavy (non-hydrogen) atoms. The van der Waals surface area contributed by atoms with E-state index in [0.717, 1.165) is 28.3 Å². The highest BCUT2D eigenvalue weighted by atomic mass is 32.1. The number of hydrogen-bond acceptors (Lipinski definition) is 4. The minimum atomic E-state index is -0.486. The van der Waals surface area contributed by atoms with Crippen molar-refractivity contribution in [3.8, 4) is 11.3 Å². The number of carbonyl (C=O) groups excluding carboxylic acids is 1. The molecule has 0 spiro atoms. The lowest BCUT2D eigenvalue weighted by atomic mass is 9.99. The summed E-state index contributed by atoms with van der Waals surface area (Å²) in [5.74, 6) is 0.0161. The molecule has 3 aromatic rings. The van der Waals surface area contributed by atoms with E-state index in [1.54, 1.807) is 11.3 Å². The number of imidazole rings is 1. The molecule has 0 radical (unpaired) electrons. The van der Waals surface area contributed by atoms with Crippen molar-refractivity contribution in [3.05, 3.63) is 42.0 Å². The van der Waals surface area contributed by atoms with Gasteiger partial charge in [0, 0.05) is 29.0 Å². The molecule has 2 atom stereocenters. The van der Waals surface area contributed by atoms with Gasteiger partial charge < -0.3 is 11.1 Å². The molecule has 3 N–H and O–H groups in total. The van der Waals surface area contributed by atoms with Gasteiger partial charge in [-0.25, -0.2) is 4.98 Å². The minimum absolute atomic E-state index is 0.144. The van der Waals surface area contributed by atoms with Crippen LogP contribution < -0.4 is 11.1 Å². The van der Waals surface area contributed by atoms with Gasteiger partial charge in [0.05, 0.1) is 11.7 Å². The van der Waals surface area contributed by atoms with Crippen molar-refractivity contribution in [2.45, 2.75) is 26.3 Å². The smallest absolute Gasteiger partial charge is 0.241 e. The lowest BCUT2D eigenvalue weighted by Gasteiger charge is -2.17. The lowest BCUT2D eigenvalue weighted by Crippen LogP contribution is -2.40. The Morgan fingerprint density at radius 1 is 1.39 bits per heavy atom. The van der Waals surface area contributed by atoms with Crippen LogP contribution in [0.5, 0.6) is 0 Å². The largest absolute Gasteiger partial charge is 0.325 e. The molecule has 0 aliphatic rings. The van der Waals surface area contributed by atoms with Crippen LogP contribution in [0.2, 0.25) is 0 Å². The van der Waals surface area contributed by atoms with Gasteiger partial charge in [-0.2, -0.15) is 0 Å². The fourth-order valence-electron chi connectivity index (χ4n) is 2.33. The highest BCUT2D eigenvalue weighted by Crippen LogP contribution is 2.23. The summed E-state index contributed by atoms with van der Waals surface area (Å²) in [6, 6.07) is 7.18. The molecule has 6 heteroatoms. The number of fused-ring (bicyclic) bond motifs is 1. The van der Waals surface area contributed by atoms with Gasteiger partial charge in [-0.3, -0.25) is 9.20 Å². The topological polar surface area (TPSA) is 72.4 Å². The minimum Gasteiger partial charge on any atom is -0.325 e. The first-order valence-corrected chi connectivity index (χ1v) is 8.55. The maximum atomic E-state index is 12.1. The zero-order valence-corrected chi connectivity index (χ0v) is 14.0. The van der Waals surface area contributed by atoms with Crippen LogP contribution in [-0.4, -0.2) is 21.3 Å². The maximum absolute atomic E-state index is 12.1. The Morgan fingerprint density at radius 2 is 2.13 bits per heavy atom. The van der Waals surface area contributed by atoms with Gasteiger partial charge in [0.1, 0.15) is 0 Å². The number of benzene rings is 1. The quantitative estimate of drug-likeness (QED) is 0.754. The van der Waals surface area contributed by atoms with Crippen LogP contribution in [0, 0.1) is 5.92 Å². The fourth-order valence-corrected chi connectivity index (χ4v) is 3.03. The number of anilines is 1. The Hall–Kier alpha value is -2.18. The van der Waals surface area contributed by atoms with Crippen LogP contribution in [0.3, 0.4) is 0 Å². The highest BCUT2D eigenvalue weighted by Gasteiger charge is 2.19. The van der Waals surface area contributed by atoms with Crippen molar-refractivity contribution in [1.82, 2.24) is 9.38 Å². The van der Waals surface area contributed by atoms with E-state index < -0.39 is 6.04 Å². The number of thiazole rings is 1. The summed E-state index contributed by atoms with van der Waals surface area (Å²) in [6.45, 7) is 4.01. The number of aromatic nitrogens is 2. The third-order valence-corrected chi connectivity index (χ3v) is 4.87. The number of nitrogens with two attached hydrogens (primary N) is 1. The van der Waals surface area contributed by atoms with Gasteiger partial charge >= 0.3 is 0 Å². The van der Waals surface area contributed by atoms with Gasteiger partial charge in [0.25, 0.3) is 0 Å². The van der Waals surface area contributed by atoms with Gasteiger partial charge in [0.15, 0.2) is 4.96 Å². The van der Waals surface area contributed by atoms with E-state index in [0.29, 0.717) is 0 Å². The standard InChI is InChI=1S/C17H20N4OS/c1-3-11(2)15(18)16(22)19-13-6-4-12(5-7-13)14-10-21-8-9-23-17(21)20-14/h4-11,15H,3,18H2,1-2H3,(H,19,22). The molecule has 0 aliphatic carbocycles. The summed E-state index contributed by atoms with van der Waals surface area (Å²) >= 11 is 1.60. The molecule has 2 aromatic heterocycles. The first kappa shape index (κ1) is 15.7. The highest BCUT2D eigenvalue weighted by molar-refractivity contribution is 7.15. The zero-order valence-electron chi connectivity index (χ0n) is 13.2. The summed E-state index contributed by atoms with van der Waals surface area (Å²) < 4.78 is 2.00. The van der Waals surface area contributed by atoms with Crippen LogP contribution in [0.15, 0.2) is 42.0 Å². The monoisotopic (exact) mass is 328 g/mol. The van der Waals surface area contributed by atoms with Gasteiger partial charge in [0.2, 0.25) is 5.91 Å². The molecule has 2 unspecified atom stereocenters. The number of amides is 1. The second kappa shape index (κ2) is 6.52. The van der Waals surface area contributed by atoms with E-state index in [9.17, 15) is 4.79 Å². The van der Waals surface area contributed by atoms with Gasteiger partial charge in [-0.1, -0.05) is 32.4 Å². The molecule has 1 aromatic carbocycles. The molecule has 0 saturated heterocycles. The number of rotatable bonds is 5.